The highest BCUT2D eigenvalue weighted by atomic mass is 31.1. The van der Waals surface area contributed by atoms with Crippen molar-refractivity contribution in [1.29, 1.82) is 0 Å². The average Bonchev–Trinajstić information content (AvgIpc) is 2.62. The maximum atomic E-state index is 10.8. The SMILES string of the molecule is O=[P+](O)Oc1ccc(-c2cc3ccccc3c3ccccc23)cc1O. The fraction of sp³-hybridized carbons (Fsp3) is 0. The lowest BCUT2D eigenvalue weighted by atomic mass is 9.93. The number of benzene rings is 4. The first kappa shape index (κ1) is 15.6. The van der Waals surface area contributed by atoms with Crippen LogP contribution >= 0.6 is 8.25 Å². The zero-order chi connectivity index (χ0) is 17.4. The normalized spacial score (nSPS) is 11.6. The summed E-state index contributed by atoms with van der Waals surface area (Å²) in [6.45, 7) is 0. The Labute approximate surface area is 144 Å². The van der Waals surface area contributed by atoms with Crippen LogP contribution in [0.25, 0.3) is 32.7 Å². The molecule has 0 spiro atoms. The fourth-order valence-electron chi connectivity index (χ4n) is 3.14. The fourth-order valence-corrected chi connectivity index (χ4v) is 3.46. The van der Waals surface area contributed by atoms with Gasteiger partial charge in [0.25, 0.3) is 0 Å². The van der Waals surface area contributed by atoms with E-state index < -0.39 is 8.25 Å². The Kier molecular flexibility index (Phi) is 3.85. The number of hydrogen-bond acceptors (Lipinski definition) is 3. The van der Waals surface area contributed by atoms with E-state index >= 15 is 0 Å². The zero-order valence-corrected chi connectivity index (χ0v) is 14.0. The van der Waals surface area contributed by atoms with Crippen molar-refractivity contribution in [1.82, 2.24) is 0 Å². The van der Waals surface area contributed by atoms with Gasteiger partial charge in [0, 0.05) is 4.57 Å². The van der Waals surface area contributed by atoms with E-state index in [0.717, 1.165) is 27.3 Å². The van der Waals surface area contributed by atoms with Crippen LogP contribution in [0.1, 0.15) is 0 Å². The topological polar surface area (TPSA) is 66.8 Å². The van der Waals surface area contributed by atoms with Gasteiger partial charge in [0.2, 0.25) is 5.75 Å². The van der Waals surface area contributed by atoms with Crippen LogP contribution in [-0.4, -0.2) is 10.00 Å². The standard InChI is InChI=1S/C20H13O4P/c21-19-12-14(9-10-20(19)24-25(22)23)18-11-13-5-1-2-6-15(13)16-7-3-4-8-17(16)18/h1-12H,(H-,21,22,23)/p+1. The summed E-state index contributed by atoms with van der Waals surface area (Å²) in [5.74, 6) is -0.190. The molecule has 0 radical (unpaired) electrons. The number of aromatic hydroxyl groups is 1. The van der Waals surface area contributed by atoms with E-state index in [1.54, 1.807) is 12.1 Å². The number of phenols is 1. The Morgan fingerprint density at radius 1 is 0.800 bits per heavy atom. The second kappa shape index (κ2) is 6.17. The van der Waals surface area contributed by atoms with Crippen LogP contribution in [0.2, 0.25) is 0 Å². The molecule has 1 unspecified atom stereocenters. The molecule has 5 heteroatoms. The minimum Gasteiger partial charge on any atom is -0.504 e. The van der Waals surface area contributed by atoms with Crippen LogP contribution in [0.4, 0.5) is 0 Å². The maximum Gasteiger partial charge on any atom is 0.747 e. The van der Waals surface area contributed by atoms with Crippen molar-refractivity contribution in [3.05, 3.63) is 72.8 Å². The van der Waals surface area contributed by atoms with E-state index in [0.29, 0.717) is 0 Å². The number of hydrogen-bond donors (Lipinski definition) is 2. The molecule has 4 aromatic carbocycles. The first-order chi connectivity index (χ1) is 12.1. The Balaban J connectivity index is 1.97. The molecule has 25 heavy (non-hydrogen) atoms. The molecule has 0 fully saturated rings. The lowest BCUT2D eigenvalue weighted by Crippen LogP contribution is -1.86. The molecule has 0 aromatic heterocycles. The third-order valence-corrected chi connectivity index (χ3v) is 4.57. The number of phenolic OH excluding ortho intramolecular Hbond substituents is 1. The minimum absolute atomic E-state index is 0.0162. The van der Waals surface area contributed by atoms with Crippen molar-refractivity contribution in [2.75, 3.05) is 0 Å². The highest BCUT2D eigenvalue weighted by molar-refractivity contribution is 7.32. The molecular weight excluding hydrogens is 335 g/mol. The summed E-state index contributed by atoms with van der Waals surface area (Å²) in [5, 5.41) is 14.6. The van der Waals surface area contributed by atoms with E-state index in [4.69, 9.17) is 9.42 Å². The van der Waals surface area contributed by atoms with Gasteiger partial charge in [-0.15, -0.1) is 4.89 Å². The quantitative estimate of drug-likeness (QED) is 0.384. The summed E-state index contributed by atoms with van der Waals surface area (Å²) in [6.07, 6.45) is 0. The van der Waals surface area contributed by atoms with Crippen LogP contribution in [0.5, 0.6) is 11.5 Å². The molecule has 4 aromatic rings. The molecule has 0 aliphatic rings. The highest BCUT2D eigenvalue weighted by Gasteiger charge is 2.18. The lowest BCUT2D eigenvalue weighted by molar-refractivity contribution is 0.389. The van der Waals surface area contributed by atoms with Crippen molar-refractivity contribution in [3.8, 4) is 22.6 Å². The Morgan fingerprint density at radius 3 is 2.20 bits per heavy atom. The first-order valence-corrected chi connectivity index (χ1v) is 8.84. The second-order valence-corrected chi connectivity index (χ2v) is 6.36. The van der Waals surface area contributed by atoms with Crippen LogP contribution in [0, 0.1) is 0 Å². The summed E-state index contributed by atoms with van der Waals surface area (Å²) >= 11 is 0. The van der Waals surface area contributed by atoms with Crippen molar-refractivity contribution < 1.29 is 19.1 Å². The zero-order valence-electron chi connectivity index (χ0n) is 13.1. The van der Waals surface area contributed by atoms with Crippen LogP contribution in [0.3, 0.4) is 0 Å². The largest absolute Gasteiger partial charge is 0.747 e. The molecule has 4 rings (SSSR count). The Hall–Kier alpha value is -2.94. The Bertz CT molecular complexity index is 1120. The predicted octanol–water partition coefficient (Wildman–Crippen LogP) is 5.39. The molecular formula is C20H14O4P+. The molecule has 1 atom stereocenters. The Morgan fingerprint density at radius 2 is 1.48 bits per heavy atom. The third-order valence-electron chi connectivity index (χ3n) is 4.21. The predicted molar refractivity (Wildman–Crippen MR) is 99.0 cm³/mol. The monoisotopic (exact) mass is 349 g/mol. The molecule has 2 N–H and O–H groups in total. The minimum atomic E-state index is -2.82. The third kappa shape index (κ3) is 2.82. The van der Waals surface area contributed by atoms with Crippen molar-refractivity contribution >= 4 is 29.8 Å². The van der Waals surface area contributed by atoms with Gasteiger partial charge in [0.15, 0.2) is 5.75 Å². The summed E-state index contributed by atoms with van der Waals surface area (Å²) in [6, 6.07) is 23.2. The van der Waals surface area contributed by atoms with Gasteiger partial charge < -0.3 is 5.11 Å². The molecule has 0 bridgehead atoms. The van der Waals surface area contributed by atoms with Gasteiger partial charge in [0.05, 0.1) is 0 Å². The molecule has 0 saturated carbocycles. The van der Waals surface area contributed by atoms with Gasteiger partial charge in [0.1, 0.15) is 0 Å². The molecule has 0 saturated heterocycles. The van der Waals surface area contributed by atoms with Crippen molar-refractivity contribution in [3.63, 3.8) is 0 Å². The van der Waals surface area contributed by atoms with E-state index in [1.807, 2.05) is 30.3 Å². The van der Waals surface area contributed by atoms with Gasteiger partial charge in [-0.25, -0.2) is 4.52 Å². The molecule has 122 valence electrons. The summed E-state index contributed by atoms with van der Waals surface area (Å²) in [7, 11) is -2.82. The second-order valence-electron chi connectivity index (χ2n) is 5.70. The van der Waals surface area contributed by atoms with Gasteiger partial charge in [-0.3, -0.25) is 0 Å². The first-order valence-electron chi connectivity index (χ1n) is 7.71. The molecule has 0 heterocycles. The van der Waals surface area contributed by atoms with Crippen LogP contribution in [0.15, 0.2) is 72.8 Å². The lowest BCUT2D eigenvalue weighted by Gasteiger charge is -2.11. The van der Waals surface area contributed by atoms with Gasteiger partial charge >= 0.3 is 8.25 Å². The summed E-state index contributed by atoms with van der Waals surface area (Å²) < 4.78 is 15.5. The van der Waals surface area contributed by atoms with Gasteiger partial charge in [-0.1, -0.05) is 54.6 Å². The van der Waals surface area contributed by atoms with Crippen LogP contribution < -0.4 is 4.52 Å². The van der Waals surface area contributed by atoms with Gasteiger partial charge in [-0.05, 0) is 50.9 Å². The van der Waals surface area contributed by atoms with Crippen LogP contribution in [-0.2, 0) is 4.57 Å². The highest BCUT2D eigenvalue weighted by Crippen LogP contribution is 2.39. The maximum absolute atomic E-state index is 10.8. The number of fused-ring (bicyclic) bond motifs is 3. The smallest absolute Gasteiger partial charge is 0.504 e. The van der Waals surface area contributed by atoms with E-state index in [1.165, 1.54) is 11.5 Å². The molecule has 0 aliphatic heterocycles. The van der Waals surface area contributed by atoms with Crippen molar-refractivity contribution in [2.45, 2.75) is 0 Å². The van der Waals surface area contributed by atoms with E-state index in [9.17, 15) is 9.67 Å². The number of rotatable bonds is 3. The van der Waals surface area contributed by atoms with Crippen molar-refractivity contribution in [2.24, 2.45) is 0 Å². The molecule has 0 aliphatic carbocycles. The van der Waals surface area contributed by atoms with E-state index in [-0.39, 0.29) is 11.5 Å². The van der Waals surface area contributed by atoms with E-state index in [2.05, 4.69) is 24.3 Å². The summed E-state index contributed by atoms with van der Waals surface area (Å²) in [4.78, 5) is 8.85. The molecule has 0 amide bonds. The summed E-state index contributed by atoms with van der Waals surface area (Å²) in [5.41, 5.74) is 1.78. The molecule has 4 nitrogen and oxygen atoms in total. The average molecular weight is 349 g/mol. The van der Waals surface area contributed by atoms with Gasteiger partial charge in [-0.2, -0.15) is 0 Å².